The fraction of sp³-hybridized carbons (Fsp3) is 0.636. The molecule has 1 aliphatic carbocycles. The lowest BCUT2D eigenvalue weighted by Gasteiger charge is -2.30. The highest BCUT2D eigenvalue weighted by Gasteiger charge is 2.26. The van der Waals surface area contributed by atoms with Crippen molar-refractivity contribution in [2.24, 2.45) is 11.8 Å². The van der Waals surface area contributed by atoms with Crippen LogP contribution in [0.4, 0.5) is 5.13 Å². The third-order valence-corrected chi connectivity index (χ3v) is 7.94. The summed E-state index contributed by atoms with van der Waals surface area (Å²) in [6, 6.07) is 2.22. The van der Waals surface area contributed by atoms with Crippen LogP contribution >= 0.6 is 22.7 Å². The Kier molecular flexibility index (Phi) is 7.15. The van der Waals surface area contributed by atoms with Crippen LogP contribution in [0.25, 0.3) is 0 Å². The fourth-order valence-corrected chi connectivity index (χ4v) is 6.08. The van der Waals surface area contributed by atoms with Gasteiger partial charge in [0, 0.05) is 34.1 Å². The first-order valence-corrected chi connectivity index (χ1v) is 12.0. The number of aliphatic carboxylic acids is 1. The van der Waals surface area contributed by atoms with Gasteiger partial charge < -0.3 is 10.0 Å². The van der Waals surface area contributed by atoms with Crippen molar-refractivity contribution in [3.8, 4) is 0 Å². The lowest BCUT2D eigenvalue weighted by atomic mass is 9.76. The number of anilines is 1. The summed E-state index contributed by atoms with van der Waals surface area (Å²) in [7, 11) is 0. The molecule has 0 atom stereocenters. The van der Waals surface area contributed by atoms with Crippen molar-refractivity contribution in [1.82, 2.24) is 4.98 Å². The first kappa shape index (κ1) is 21.3. The van der Waals surface area contributed by atoms with E-state index in [2.05, 4.69) is 44.0 Å². The zero-order valence-corrected chi connectivity index (χ0v) is 19.0. The normalized spacial score (nSPS) is 19.9. The average molecular weight is 421 g/mol. The molecule has 6 heteroatoms. The number of rotatable bonds is 8. The van der Waals surface area contributed by atoms with E-state index in [4.69, 9.17) is 4.98 Å². The lowest BCUT2D eigenvalue weighted by Crippen LogP contribution is -2.26. The average Bonchev–Trinajstić information content (AvgIpc) is 3.25. The van der Waals surface area contributed by atoms with Gasteiger partial charge in [-0.05, 0) is 63.0 Å². The Hall–Kier alpha value is -1.40. The quantitative estimate of drug-likeness (QED) is 0.550. The summed E-state index contributed by atoms with van der Waals surface area (Å²) in [6.07, 6.45) is 5.18. The summed E-state index contributed by atoms with van der Waals surface area (Å²) in [5.41, 5.74) is 2.49. The van der Waals surface area contributed by atoms with Gasteiger partial charge in [-0.15, -0.1) is 22.7 Å². The molecule has 4 nitrogen and oxygen atoms in total. The second-order valence-electron chi connectivity index (χ2n) is 8.41. The minimum absolute atomic E-state index is 0.135. The van der Waals surface area contributed by atoms with Gasteiger partial charge in [0.1, 0.15) is 0 Å². The molecule has 0 radical (unpaired) electrons. The summed E-state index contributed by atoms with van der Waals surface area (Å²) < 4.78 is 0. The van der Waals surface area contributed by atoms with E-state index in [1.807, 2.05) is 0 Å². The van der Waals surface area contributed by atoms with Crippen LogP contribution < -0.4 is 4.90 Å². The van der Waals surface area contributed by atoms with E-state index in [9.17, 15) is 9.90 Å². The van der Waals surface area contributed by atoms with Crippen LogP contribution in [0.2, 0.25) is 0 Å². The maximum absolute atomic E-state index is 11.2. The minimum Gasteiger partial charge on any atom is -0.481 e. The van der Waals surface area contributed by atoms with E-state index < -0.39 is 5.97 Å². The van der Waals surface area contributed by atoms with E-state index >= 15 is 0 Å². The van der Waals surface area contributed by atoms with Gasteiger partial charge in [-0.1, -0.05) is 13.8 Å². The summed E-state index contributed by atoms with van der Waals surface area (Å²) >= 11 is 3.47. The van der Waals surface area contributed by atoms with Gasteiger partial charge in [0.05, 0.1) is 12.1 Å². The highest BCUT2D eigenvalue weighted by molar-refractivity contribution is 7.13. The molecule has 3 rings (SSSR count). The summed E-state index contributed by atoms with van der Waals surface area (Å²) in [6.45, 7) is 10.2. The number of aryl methyl sites for hydroxylation is 2. The maximum atomic E-state index is 11.2. The molecule has 154 valence electrons. The number of thiophene rings is 1. The Balaban J connectivity index is 1.72. The predicted octanol–water partition coefficient (Wildman–Crippen LogP) is 6.23. The van der Waals surface area contributed by atoms with Crippen molar-refractivity contribution in [3.05, 3.63) is 32.5 Å². The third-order valence-electron chi connectivity index (χ3n) is 6.01. The zero-order chi connectivity index (χ0) is 20.3. The molecule has 0 aromatic carbocycles. The highest BCUT2D eigenvalue weighted by Crippen LogP contribution is 2.40. The Bertz CT molecular complexity index is 788. The van der Waals surface area contributed by atoms with Gasteiger partial charge in [0.15, 0.2) is 5.13 Å². The van der Waals surface area contributed by atoms with Gasteiger partial charge in [-0.2, -0.15) is 0 Å². The van der Waals surface area contributed by atoms with E-state index in [1.165, 1.54) is 46.7 Å². The highest BCUT2D eigenvalue weighted by atomic mass is 32.1. The Labute approximate surface area is 176 Å². The molecule has 0 spiro atoms. The van der Waals surface area contributed by atoms with Crippen LogP contribution in [0.5, 0.6) is 0 Å². The molecule has 2 aromatic heterocycles. The van der Waals surface area contributed by atoms with Gasteiger partial charge in [-0.3, -0.25) is 4.79 Å². The van der Waals surface area contributed by atoms with E-state index in [0.29, 0.717) is 12.5 Å². The smallest absolute Gasteiger partial charge is 0.305 e. The molecule has 28 heavy (non-hydrogen) atoms. The third kappa shape index (κ3) is 5.35. The molecule has 1 aliphatic rings. The van der Waals surface area contributed by atoms with Gasteiger partial charge >= 0.3 is 5.97 Å². The Morgan fingerprint density at radius 2 is 2.00 bits per heavy atom. The zero-order valence-electron chi connectivity index (χ0n) is 17.4. The number of aromatic nitrogens is 1. The summed E-state index contributed by atoms with van der Waals surface area (Å²) in [5, 5.41) is 12.3. The van der Waals surface area contributed by atoms with Crippen LogP contribution in [0.3, 0.4) is 0 Å². The van der Waals surface area contributed by atoms with Crippen molar-refractivity contribution < 1.29 is 9.90 Å². The fourth-order valence-electron chi connectivity index (χ4n) is 4.21. The number of thiazole rings is 1. The number of hydrogen-bond donors (Lipinski definition) is 1. The second kappa shape index (κ2) is 9.40. The largest absolute Gasteiger partial charge is 0.481 e. The van der Waals surface area contributed by atoms with Crippen LogP contribution in [0.1, 0.15) is 72.9 Å². The number of carboxylic acid groups (broad SMARTS) is 1. The molecule has 0 unspecified atom stereocenters. The van der Waals surface area contributed by atoms with Crippen LogP contribution in [0, 0.1) is 25.7 Å². The molecule has 1 saturated carbocycles. The first-order chi connectivity index (χ1) is 13.3. The predicted molar refractivity (Wildman–Crippen MR) is 119 cm³/mol. The number of carbonyl (C=O) groups is 1. The standard InChI is InChI=1S/C22H32N2O2S2/c1-14(2)17-5-7-18(8-6-17)20-13-27-22(23-20)24(10-9-21(25)26)12-19-11-15(3)28-16(19)4/h11,13-14,17-18H,5-10,12H2,1-4H3,(H,25,26). The molecule has 0 aliphatic heterocycles. The molecule has 0 saturated heterocycles. The molecule has 0 amide bonds. The van der Waals surface area contributed by atoms with Crippen molar-refractivity contribution in [1.29, 1.82) is 0 Å². The van der Waals surface area contributed by atoms with Gasteiger partial charge in [0.2, 0.25) is 0 Å². The minimum atomic E-state index is -0.757. The van der Waals surface area contributed by atoms with E-state index in [-0.39, 0.29) is 6.42 Å². The van der Waals surface area contributed by atoms with E-state index in [0.717, 1.165) is 23.5 Å². The van der Waals surface area contributed by atoms with Crippen molar-refractivity contribution in [2.45, 2.75) is 72.3 Å². The SMILES string of the molecule is Cc1cc(CN(CCC(=O)O)c2nc(C3CCC(C(C)C)CC3)cs2)c(C)s1. The monoisotopic (exact) mass is 420 g/mol. The Morgan fingerprint density at radius 1 is 1.29 bits per heavy atom. The number of carboxylic acids is 1. The maximum Gasteiger partial charge on any atom is 0.305 e. The second-order valence-corrected chi connectivity index (χ2v) is 10.7. The van der Waals surface area contributed by atoms with Crippen molar-refractivity contribution in [2.75, 3.05) is 11.4 Å². The molecular weight excluding hydrogens is 388 g/mol. The molecule has 2 aromatic rings. The molecule has 1 N–H and O–H groups in total. The molecule has 2 heterocycles. The topological polar surface area (TPSA) is 53.4 Å². The lowest BCUT2D eigenvalue weighted by molar-refractivity contribution is -0.136. The van der Waals surface area contributed by atoms with Crippen LogP contribution in [-0.4, -0.2) is 22.6 Å². The van der Waals surface area contributed by atoms with Gasteiger partial charge in [0.25, 0.3) is 0 Å². The number of hydrogen-bond acceptors (Lipinski definition) is 5. The molecule has 0 bridgehead atoms. The van der Waals surface area contributed by atoms with Crippen molar-refractivity contribution >= 4 is 33.8 Å². The Morgan fingerprint density at radius 3 is 2.57 bits per heavy atom. The summed E-state index contributed by atoms with van der Waals surface area (Å²) in [5.74, 6) is 1.43. The molecular formula is C22H32N2O2S2. The number of nitrogens with zero attached hydrogens (tertiary/aromatic N) is 2. The van der Waals surface area contributed by atoms with Crippen LogP contribution in [-0.2, 0) is 11.3 Å². The van der Waals surface area contributed by atoms with Crippen molar-refractivity contribution in [3.63, 3.8) is 0 Å². The molecule has 1 fully saturated rings. The first-order valence-electron chi connectivity index (χ1n) is 10.3. The van der Waals surface area contributed by atoms with Gasteiger partial charge in [-0.25, -0.2) is 4.98 Å². The van der Waals surface area contributed by atoms with Crippen LogP contribution in [0.15, 0.2) is 11.4 Å². The summed E-state index contributed by atoms with van der Waals surface area (Å²) in [4.78, 5) is 20.9. The van der Waals surface area contributed by atoms with E-state index in [1.54, 1.807) is 22.7 Å².